The third-order valence-electron chi connectivity index (χ3n) is 5.34. The van der Waals surface area contributed by atoms with Gasteiger partial charge in [-0.2, -0.15) is 13.2 Å². The molecule has 180 valence electrons. The van der Waals surface area contributed by atoms with Gasteiger partial charge in [0.25, 0.3) is 0 Å². The van der Waals surface area contributed by atoms with Crippen LogP contribution in [0.5, 0.6) is 11.6 Å². The molecule has 2 heterocycles. The van der Waals surface area contributed by atoms with Crippen molar-refractivity contribution in [2.75, 3.05) is 11.4 Å². The van der Waals surface area contributed by atoms with Crippen LogP contribution in [0.1, 0.15) is 22.4 Å². The van der Waals surface area contributed by atoms with Gasteiger partial charge in [0.05, 0.1) is 11.3 Å². The second-order valence-corrected chi connectivity index (χ2v) is 8.26. The highest BCUT2D eigenvalue weighted by atomic mass is 35.5. The zero-order chi connectivity index (χ0) is 24.8. The van der Waals surface area contributed by atoms with Crippen LogP contribution in [0.4, 0.5) is 19.0 Å². The van der Waals surface area contributed by atoms with Crippen LogP contribution >= 0.6 is 11.6 Å². The molecule has 0 amide bonds. The molecule has 0 aliphatic heterocycles. The summed E-state index contributed by atoms with van der Waals surface area (Å²) in [6, 6.07) is 19.5. The summed E-state index contributed by atoms with van der Waals surface area (Å²) < 4.78 is 43.7. The summed E-state index contributed by atoms with van der Waals surface area (Å²) in [5.41, 5.74) is 2.08. The number of aryl methyl sites for hydroxylation is 1. The standard InChI is InChI=1S/C26H22ClF3N4O/c1-18-24(27)25(33-17-32-18)34(16-20-5-3-2-4-6-20)14-13-19-7-10-22(11-8-19)35-23-12-9-21(15-31-23)26(28,29)30/h2-12,15,17H,13-14,16H2,1H3. The maximum absolute atomic E-state index is 12.7. The summed E-state index contributed by atoms with van der Waals surface area (Å²) in [6.45, 7) is 3.14. The van der Waals surface area contributed by atoms with Gasteiger partial charge in [0, 0.05) is 25.4 Å². The molecule has 0 radical (unpaired) electrons. The molecule has 0 atom stereocenters. The number of hydrogen-bond acceptors (Lipinski definition) is 5. The first-order valence-electron chi connectivity index (χ1n) is 10.9. The lowest BCUT2D eigenvalue weighted by molar-refractivity contribution is -0.137. The van der Waals surface area contributed by atoms with E-state index in [1.54, 1.807) is 12.1 Å². The molecule has 2 aromatic heterocycles. The molecule has 35 heavy (non-hydrogen) atoms. The van der Waals surface area contributed by atoms with Crippen molar-refractivity contribution < 1.29 is 17.9 Å². The van der Waals surface area contributed by atoms with Crippen molar-refractivity contribution in [2.24, 2.45) is 0 Å². The SMILES string of the molecule is Cc1ncnc(N(CCc2ccc(Oc3ccc(C(F)(F)F)cn3)cc2)Cc2ccccc2)c1Cl. The average molecular weight is 499 g/mol. The smallest absolute Gasteiger partial charge is 0.417 e. The summed E-state index contributed by atoms with van der Waals surface area (Å²) in [6.07, 6.45) is -1.46. The van der Waals surface area contributed by atoms with E-state index in [1.807, 2.05) is 37.3 Å². The molecule has 0 N–H and O–H groups in total. The Labute approximate surface area is 206 Å². The zero-order valence-electron chi connectivity index (χ0n) is 18.8. The van der Waals surface area contributed by atoms with Crippen molar-refractivity contribution in [1.29, 1.82) is 0 Å². The van der Waals surface area contributed by atoms with Crippen molar-refractivity contribution in [3.8, 4) is 11.6 Å². The lowest BCUT2D eigenvalue weighted by atomic mass is 10.1. The lowest BCUT2D eigenvalue weighted by Gasteiger charge is -2.25. The second-order valence-electron chi connectivity index (χ2n) is 7.88. The van der Waals surface area contributed by atoms with Crippen LogP contribution in [0.15, 0.2) is 79.3 Å². The lowest BCUT2D eigenvalue weighted by Crippen LogP contribution is -2.27. The monoisotopic (exact) mass is 498 g/mol. The Kier molecular flexibility index (Phi) is 7.51. The highest BCUT2D eigenvalue weighted by Gasteiger charge is 2.30. The van der Waals surface area contributed by atoms with Gasteiger partial charge in [0.1, 0.15) is 17.1 Å². The van der Waals surface area contributed by atoms with Crippen LogP contribution in [0.3, 0.4) is 0 Å². The summed E-state index contributed by atoms with van der Waals surface area (Å²) in [7, 11) is 0. The van der Waals surface area contributed by atoms with Crippen molar-refractivity contribution in [1.82, 2.24) is 15.0 Å². The van der Waals surface area contributed by atoms with Crippen molar-refractivity contribution in [3.63, 3.8) is 0 Å². The molecule has 0 saturated carbocycles. The highest BCUT2D eigenvalue weighted by molar-refractivity contribution is 6.33. The van der Waals surface area contributed by atoms with Gasteiger partial charge in [-0.3, -0.25) is 0 Å². The Morgan fingerprint density at radius 2 is 1.63 bits per heavy atom. The Morgan fingerprint density at radius 1 is 0.886 bits per heavy atom. The molecule has 0 saturated heterocycles. The van der Waals surface area contributed by atoms with Crippen LogP contribution in [0.25, 0.3) is 0 Å². The van der Waals surface area contributed by atoms with Crippen molar-refractivity contribution in [3.05, 3.63) is 107 Å². The third-order valence-corrected chi connectivity index (χ3v) is 5.78. The van der Waals surface area contributed by atoms with Crippen LogP contribution in [-0.4, -0.2) is 21.5 Å². The average Bonchev–Trinajstić information content (AvgIpc) is 2.85. The number of ether oxygens (including phenoxy) is 1. The van der Waals surface area contributed by atoms with Crippen LogP contribution in [0, 0.1) is 6.92 Å². The third kappa shape index (κ3) is 6.48. The minimum Gasteiger partial charge on any atom is -0.439 e. The number of pyridine rings is 1. The Bertz CT molecular complexity index is 1250. The zero-order valence-corrected chi connectivity index (χ0v) is 19.6. The first-order valence-corrected chi connectivity index (χ1v) is 11.2. The molecular weight excluding hydrogens is 477 g/mol. The number of aromatic nitrogens is 3. The molecule has 9 heteroatoms. The van der Waals surface area contributed by atoms with Gasteiger partial charge in [-0.05, 0) is 42.7 Å². The van der Waals surface area contributed by atoms with Crippen LogP contribution in [-0.2, 0) is 19.1 Å². The maximum Gasteiger partial charge on any atom is 0.417 e. The quantitative estimate of drug-likeness (QED) is 0.264. The fraction of sp³-hybridized carbons (Fsp3) is 0.192. The second kappa shape index (κ2) is 10.7. The number of rotatable bonds is 8. The Hall–Kier alpha value is -3.65. The van der Waals surface area contributed by atoms with E-state index in [0.717, 1.165) is 23.4 Å². The van der Waals surface area contributed by atoms with E-state index >= 15 is 0 Å². The predicted molar refractivity (Wildman–Crippen MR) is 129 cm³/mol. The number of benzene rings is 2. The largest absolute Gasteiger partial charge is 0.439 e. The highest BCUT2D eigenvalue weighted by Crippen LogP contribution is 2.30. The van der Waals surface area contributed by atoms with Gasteiger partial charge < -0.3 is 9.64 Å². The number of nitrogens with zero attached hydrogens (tertiary/aromatic N) is 4. The molecule has 0 bridgehead atoms. The number of halogens is 4. The normalized spacial score (nSPS) is 11.3. The van der Waals surface area contributed by atoms with Gasteiger partial charge in [0.2, 0.25) is 5.88 Å². The number of anilines is 1. The fourth-order valence-corrected chi connectivity index (χ4v) is 3.66. The minimum atomic E-state index is -4.43. The first-order chi connectivity index (χ1) is 16.8. The van der Waals surface area contributed by atoms with E-state index in [9.17, 15) is 13.2 Å². The molecule has 5 nitrogen and oxygen atoms in total. The summed E-state index contributed by atoms with van der Waals surface area (Å²) in [5, 5.41) is 0.524. The summed E-state index contributed by atoms with van der Waals surface area (Å²) >= 11 is 6.52. The van der Waals surface area contributed by atoms with E-state index < -0.39 is 11.7 Å². The molecule has 0 aliphatic rings. The van der Waals surface area contributed by atoms with E-state index in [2.05, 4.69) is 32.0 Å². The van der Waals surface area contributed by atoms with Crippen LogP contribution < -0.4 is 9.64 Å². The van der Waals surface area contributed by atoms with Gasteiger partial charge in [0.15, 0.2) is 5.82 Å². The van der Waals surface area contributed by atoms with Gasteiger partial charge in [-0.15, -0.1) is 0 Å². The Balaban J connectivity index is 1.43. The first kappa shape index (κ1) is 24.5. The predicted octanol–water partition coefficient (Wildman–Crippen LogP) is 6.89. The molecular formula is C26H22ClF3N4O. The Morgan fingerprint density at radius 3 is 2.29 bits per heavy atom. The fourth-order valence-electron chi connectivity index (χ4n) is 3.45. The summed E-state index contributed by atoms with van der Waals surface area (Å²) in [5.74, 6) is 1.25. The maximum atomic E-state index is 12.7. The van der Waals surface area contributed by atoms with Crippen molar-refractivity contribution in [2.45, 2.75) is 26.1 Å². The molecule has 0 fully saturated rings. The molecule has 2 aromatic carbocycles. The van der Waals surface area contributed by atoms with Crippen molar-refractivity contribution >= 4 is 17.4 Å². The van der Waals surface area contributed by atoms with Gasteiger partial charge >= 0.3 is 6.18 Å². The van der Waals surface area contributed by atoms with Gasteiger partial charge in [-0.25, -0.2) is 15.0 Å². The molecule has 0 spiro atoms. The van der Waals surface area contributed by atoms with Gasteiger partial charge in [-0.1, -0.05) is 54.1 Å². The van der Waals surface area contributed by atoms with E-state index in [1.165, 1.54) is 12.4 Å². The topological polar surface area (TPSA) is 51.1 Å². The minimum absolute atomic E-state index is 0.0913. The van der Waals surface area contributed by atoms with E-state index in [-0.39, 0.29) is 5.88 Å². The van der Waals surface area contributed by atoms with E-state index in [4.69, 9.17) is 16.3 Å². The molecule has 0 aliphatic carbocycles. The molecule has 0 unspecified atom stereocenters. The van der Waals surface area contributed by atoms with E-state index in [0.29, 0.717) is 41.8 Å². The number of alkyl halides is 3. The molecule has 4 rings (SSSR count). The van der Waals surface area contributed by atoms with Crippen LogP contribution in [0.2, 0.25) is 5.02 Å². The number of hydrogen-bond donors (Lipinski definition) is 0. The molecule has 4 aromatic rings. The summed E-state index contributed by atoms with van der Waals surface area (Å²) in [4.78, 5) is 14.4.